The molecule has 0 radical (unpaired) electrons. The standard InChI is InChI=1S/C8H6F4O4S2/c9-7(10,8(11,12)18(14,15)16)17(13)6-4-2-1-3-5-6/h1-5H,(H,14,15,16). The van der Waals surface area contributed by atoms with Crippen molar-refractivity contribution in [1.82, 2.24) is 0 Å². The van der Waals surface area contributed by atoms with Crippen LogP contribution < -0.4 is 0 Å². The van der Waals surface area contributed by atoms with Gasteiger partial charge in [0.25, 0.3) is 0 Å². The van der Waals surface area contributed by atoms with Crippen LogP contribution in [0.25, 0.3) is 0 Å². The first-order valence-electron chi connectivity index (χ1n) is 4.21. The van der Waals surface area contributed by atoms with Gasteiger partial charge in [-0.2, -0.15) is 17.2 Å². The van der Waals surface area contributed by atoms with Crippen LogP contribution in [-0.4, -0.2) is 28.0 Å². The van der Waals surface area contributed by atoms with Crippen molar-refractivity contribution in [2.45, 2.75) is 15.4 Å². The molecule has 0 aliphatic heterocycles. The highest BCUT2D eigenvalue weighted by Gasteiger charge is 2.74. The van der Waals surface area contributed by atoms with E-state index in [0.29, 0.717) is 0 Å². The fourth-order valence-corrected chi connectivity index (χ4v) is 2.71. The maximum atomic E-state index is 13.2. The molecule has 4 nitrogen and oxygen atoms in total. The number of hydrogen-bond donors (Lipinski definition) is 1. The fraction of sp³-hybridized carbons (Fsp3) is 0.250. The van der Waals surface area contributed by atoms with E-state index in [9.17, 15) is 30.5 Å². The van der Waals surface area contributed by atoms with Gasteiger partial charge in [0.05, 0.1) is 11.2 Å². The van der Waals surface area contributed by atoms with E-state index in [1.54, 1.807) is 0 Å². The lowest BCUT2D eigenvalue weighted by molar-refractivity contribution is -0.101. The first-order valence-corrected chi connectivity index (χ1v) is 6.80. The second-order valence-corrected chi connectivity index (χ2v) is 6.07. The molecule has 0 saturated carbocycles. The van der Waals surface area contributed by atoms with Gasteiger partial charge in [-0.3, -0.25) is 4.55 Å². The molecular formula is C8H6F4O4S2. The van der Waals surface area contributed by atoms with Gasteiger partial charge in [-0.1, -0.05) is 18.2 Å². The summed E-state index contributed by atoms with van der Waals surface area (Å²) in [7, 11) is -6.39. The summed E-state index contributed by atoms with van der Waals surface area (Å²) in [6, 6.07) is 5.41. The van der Waals surface area contributed by atoms with Gasteiger partial charge in [0.15, 0.2) is 4.90 Å². The maximum Gasteiger partial charge on any atom is 0.494 e. The molecule has 0 aliphatic rings. The lowest BCUT2D eigenvalue weighted by atomic mass is 10.4. The summed E-state index contributed by atoms with van der Waals surface area (Å²) in [5, 5.41) is -11.3. The summed E-state index contributed by atoms with van der Waals surface area (Å²) in [6.07, 6.45) is 0. The molecule has 1 aromatic carbocycles. The SMILES string of the molecule is O=S(=O)(O)C(F)(F)C(F)(F)[S+]([O-])c1ccccc1. The number of hydrogen-bond acceptors (Lipinski definition) is 3. The number of alkyl halides is 4. The molecule has 1 rings (SSSR count). The monoisotopic (exact) mass is 306 g/mol. The zero-order valence-corrected chi connectivity index (χ0v) is 10.0. The van der Waals surface area contributed by atoms with Gasteiger partial charge in [-0.05, 0) is 12.1 Å². The van der Waals surface area contributed by atoms with Gasteiger partial charge in [0.1, 0.15) is 0 Å². The third kappa shape index (κ3) is 2.46. The van der Waals surface area contributed by atoms with Crippen LogP contribution >= 0.6 is 0 Å². The van der Waals surface area contributed by atoms with E-state index in [4.69, 9.17) is 4.55 Å². The van der Waals surface area contributed by atoms with Crippen molar-refractivity contribution in [2.24, 2.45) is 0 Å². The Morgan fingerprint density at radius 3 is 1.94 bits per heavy atom. The molecule has 0 heterocycles. The van der Waals surface area contributed by atoms with E-state index >= 15 is 0 Å². The van der Waals surface area contributed by atoms with Crippen LogP contribution in [-0.2, 0) is 21.3 Å². The summed E-state index contributed by atoms with van der Waals surface area (Å²) >= 11 is -3.63. The summed E-state index contributed by atoms with van der Waals surface area (Å²) in [5.41, 5.74) is 0. The minimum absolute atomic E-state index is 0.689. The highest BCUT2D eigenvalue weighted by Crippen LogP contribution is 2.44. The molecule has 0 aromatic heterocycles. The van der Waals surface area contributed by atoms with Gasteiger partial charge in [0.2, 0.25) is 0 Å². The Morgan fingerprint density at radius 1 is 1.11 bits per heavy atom. The van der Waals surface area contributed by atoms with E-state index in [2.05, 4.69) is 0 Å². The normalized spacial score (nSPS) is 15.4. The predicted molar refractivity (Wildman–Crippen MR) is 54.3 cm³/mol. The van der Waals surface area contributed by atoms with Crippen LogP contribution in [0.4, 0.5) is 17.6 Å². The second-order valence-electron chi connectivity index (χ2n) is 3.09. The average Bonchev–Trinajstić information content (AvgIpc) is 2.27. The molecule has 0 bridgehead atoms. The highest BCUT2D eigenvalue weighted by molar-refractivity contribution is 7.94. The Kier molecular flexibility index (Phi) is 3.96. The third-order valence-corrected chi connectivity index (χ3v) is 4.31. The smallest absolute Gasteiger partial charge is 0.494 e. The van der Waals surface area contributed by atoms with Gasteiger partial charge >= 0.3 is 20.6 Å². The van der Waals surface area contributed by atoms with E-state index in [0.717, 1.165) is 24.3 Å². The molecule has 1 atom stereocenters. The van der Waals surface area contributed by atoms with E-state index in [1.807, 2.05) is 0 Å². The van der Waals surface area contributed by atoms with Crippen LogP contribution in [0.5, 0.6) is 0 Å². The Hall–Kier alpha value is -0.840. The molecule has 102 valence electrons. The average molecular weight is 306 g/mol. The van der Waals surface area contributed by atoms with Crippen LogP contribution in [0.2, 0.25) is 0 Å². The molecule has 1 unspecified atom stereocenters. The number of rotatable bonds is 4. The quantitative estimate of drug-likeness (QED) is 0.523. The Balaban J connectivity index is 3.23. The second kappa shape index (κ2) is 4.68. The van der Waals surface area contributed by atoms with Gasteiger partial charge in [0, 0.05) is 0 Å². The molecule has 0 amide bonds. The summed E-state index contributed by atoms with van der Waals surface area (Å²) in [4.78, 5) is -0.689. The molecule has 10 heteroatoms. The topological polar surface area (TPSA) is 77.4 Å². The van der Waals surface area contributed by atoms with Crippen molar-refractivity contribution in [3.8, 4) is 0 Å². The Morgan fingerprint density at radius 2 is 1.56 bits per heavy atom. The number of halogens is 4. The molecule has 0 spiro atoms. The van der Waals surface area contributed by atoms with E-state index in [-0.39, 0.29) is 0 Å². The van der Waals surface area contributed by atoms with Crippen LogP contribution in [0.1, 0.15) is 0 Å². The molecule has 0 fully saturated rings. The van der Waals surface area contributed by atoms with Crippen LogP contribution in [0.15, 0.2) is 35.2 Å². The van der Waals surface area contributed by atoms with Crippen LogP contribution in [0, 0.1) is 0 Å². The molecule has 0 saturated heterocycles. The zero-order chi connectivity index (χ0) is 14.2. The van der Waals surface area contributed by atoms with Crippen molar-refractivity contribution < 1.29 is 35.1 Å². The van der Waals surface area contributed by atoms with Gasteiger partial charge in [-0.15, -0.1) is 8.78 Å². The zero-order valence-electron chi connectivity index (χ0n) is 8.39. The minimum Gasteiger partial charge on any atom is -0.606 e. The lowest BCUT2D eigenvalue weighted by Crippen LogP contribution is -2.51. The molecule has 0 aliphatic carbocycles. The summed E-state index contributed by atoms with van der Waals surface area (Å²) < 4.78 is 91.9. The molecule has 18 heavy (non-hydrogen) atoms. The highest BCUT2D eigenvalue weighted by atomic mass is 32.2. The van der Waals surface area contributed by atoms with E-state index in [1.165, 1.54) is 6.07 Å². The van der Waals surface area contributed by atoms with Crippen molar-refractivity contribution in [1.29, 1.82) is 0 Å². The van der Waals surface area contributed by atoms with E-state index < -0.39 is 36.7 Å². The van der Waals surface area contributed by atoms with Gasteiger partial charge in [-0.25, -0.2) is 0 Å². The third-order valence-electron chi connectivity index (χ3n) is 1.85. The molecule has 1 aromatic rings. The first-order chi connectivity index (χ1) is 8.02. The van der Waals surface area contributed by atoms with Crippen molar-refractivity contribution in [2.75, 3.05) is 0 Å². The Bertz CT molecular complexity index is 517. The van der Waals surface area contributed by atoms with Crippen LogP contribution in [0.3, 0.4) is 0 Å². The largest absolute Gasteiger partial charge is 0.606 e. The maximum absolute atomic E-state index is 13.2. The molecule has 1 N–H and O–H groups in total. The Labute approximate surface area is 103 Å². The van der Waals surface area contributed by atoms with Crippen molar-refractivity contribution in [3.63, 3.8) is 0 Å². The minimum atomic E-state index is -6.39. The van der Waals surface area contributed by atoms with Gasteiger partial charge < -0.3 is 4.55 Å². The first kappa shape index (κ1) is 15.2. The fourth-order valence-electron chi connectivity index (χ4n) is 0.950. The van der Waals surface area contributed by atoms with Crippen molar-refractivity contribution >= 4 is 21.3 Å². The van der Waals surface area contributed by atoms with Crippen molar-refractivity contribution in [3.05, 3.63) is 30.3 Å². The summed E-state index contributed by atoms with van der Waals surface area (Å²) in [6.45, 7) is 0. The lowest BCUT2D eigenvalue weighted by Gasteiger charge is -2.24. The predicted octanol–water partition coefficient (Wildman–Crippen LogP) is 1.87. The number of benzene rings is 1. The molecular weight excluding hydrogens is 300 g/mol. The summed E-state index contributed by atoms with van der Waals surface area (Å²) in [5.74, 6) is 0.